The van der Waals surface area contributed by atoms with E-state index in [0.29, 0.717) is 5.56 Å². The summed E-state index contributed by atoms with van der Waals surface area (Å²) in [7, 11) is 1.49. The SMILES string of the molecule is COCCN1C(=O)C(O)=C(C(=O)c2ccco2)[C@@H]1c1cccc(O)c1. The topological polar surface area (TPSA) is 100 Å². The van der Waals surface area contributed by atoms with Crippen molar-refractivity contribution in [2.24, 2.45) is 0 Å². The van der Waals surface area contributed by atoms with Gasteiger partial charge in [-0.25, -0.2) is 0 Å². The Morgan fingerprint density at radius 2 is 2.08 bits per heavy atom. The van der Waals surface area contributed by atoms with E-state index in [9.17, 15) is 19.8 Å². The molecule has 0 aliphatic carbocycles. The Hall–Kier alpha value is -3.06. The third-order valence-corrected chi connectivity index (χ3v) is 4.02. The zero-order valence-corrected chi connectivity index (χ0v) is 13.5. The second-order valence-corrected chi connectivity index (χ2v) is 5.56. The molecule has 2 N–H and O–H groups in total. The molecule has 0 unspecified atom stereocenters. The quantitative estimate of drug-likeness (QED) is 0.780. The first-order chi connectivity index (χ1) is 12.0. The largest absolute Gasteiger partial charge is 0.508 e. The van der Waals surface area contributed by atoms with Gasteiger partial charge in [0.2, 0.25) is 5.78 Å². The van der Waals surface area contributed by atoms with Crippen LogP contribution in [0.3, 0.4) is 0 Å². The average Bonchev–Trinajstić information content (AvgIpc) is 3.21. The highest BCUT2D eigenvalue weighted by Crippen LogP contribution is 2.39. The highest BCUT2D eigenvalue weighted by atomic mass is 16.5. The molecular formula is C18H17NO6. The van der Waals surface area contributed by atoms with Crippen molar-refractivity contribution in [3.8, 4) is 5.75 Å². The maximum absolute atomic E-state index is 12.8. The summed E-state index contributed by atoms with van der Waals surface area (Å²) < 4.78 is 10.1. The van der Waals surface area contributed by atoms with Crippen molar-refractivity contribution >= 4 is 11.7 Å². The molecule has 1 amide bonds. The van der Waals surface area contributed by atoms with Gasteiger partial charge in [-0.05, 0) is 29.8 Å². The number of aliphatic hydroxyl groups is 1. The lowest BCUT2D eigenvalue weighted by Gasteiger charge is -2.26. The Balaban J connectivity index is 2.08. The lowest BCUT2D eigenvalue weighted by Crippen LogP contribution is -2.33. The number of phenols is 1. The van der Waals surface area contributed by atoms with Crippen LogP contribution in [-0.2, 0) is 9.53 Å². The van der Waals surface area contributed by atoms with E-state index >= 15 is 0 Å². The Kier molecular flexibility index (Phi) is 4.58. The Morgan fingerprint density at radius 1 is 1.28 bits per heavy atom. The number of carbonyl (C=O) groups is 2. The van der Waals surface area contributed by atoms with Crippen molar-refractivity contribution in [2.75, 3.05) is 20.3 Å². The number of nitrogens with zero attached hydrogens (tertiary/aromatic N) is 1. The van der Waals surface area contributed by atoms with Crippen molar-refractivity contribution in [1.82, 2.24) is 4.90 Å². The van der Waals surface area contributed by atoms with Gasteiger partial charge in [-0.15, -0.1) is 0 Å². The van der Waals surface area contributed by atoms with Crippen molar-refractivity contribution in [3.63, 3.8) is 0 Å². The third kappa shape index (κ3) is 3.01. The lowest BCUT2D eigenvalue weighted by atomic mass is 9.95. The number of ketones is 1. The molecule has 0 fully saturated rings. The Bertz CT molecular complexity index is 824. The fourth-order valence-electron chi connectivity index (χ4n) is 2.89. The summed E-state index contributed by atoms with van der Waals surface area (Å²) in [4.78, 5) is 26.6. The molecule has 0 radical (unpaired) electrons. The van der Waals surface area contributed by atoms with E-state index in [2.05, 4.69) is 0 Å². The van der Waals surface area contributed by atoms with Crippen LogP contribution in [0.2, 0.25) is 0 Å². The third-order valence-electron chi connectivity index (χ3n) is 4.02. The van der Waals surface area contributed by atoms with Gasteiger partial charge in [0.15, 0.2) is 11.5 Å². The number of Topliss-reactive ketones (excluding diaryl/α,β-unsaturated/α-hetero) is 1. The summed E-state index contributed by atoms with van der Waals surface area (Å²) >= 11 is 0. The predicted molar refractivity (Wildman–Crippen MR) is 87.1 cm³/mol. The van der Waals surface area contributed by atoms with Crippen LogP contribution in [-0.4, -0.2) is 47.1 Å². The summed E-state index contributed by atoms with van der Waals surface area (Å²) in [6, 6.07) is 8.38. The number of ether oxygens (including phenoxy) is 1. The Morgan fingerprint density at radius 3 is 2.72 bits per heavy atom. The minimum absolute atomic E-state index is 0.00664. The summed E-state index contributed by atoms with van der Waals surface area (Å²) in [5, 5.41) is 20.1. The molecule has 2 aromatic rings. The van der Waals surface area contributed by atoms with Gasteiger partial charge in [0.25, 0.3) is 5.91 Å². The van der Waals surface area contributed by atoms with E-state index < -0.39 is 23.5 Å². The second kappa shape index (κ2) is 6.82. The predicted octanol–water partition coefficient (Wildman–Crippen LogP) is 2.21. The number of furan rings is 1. The van der Waals surface area contributed by atoms with Crippen LogP contribution >= 0.6 is 0 Å². The maximum atomic E-state index is 12.8. The van der Waals surface area contributed by atoms with Crippen LogP contribution in [0.15, 0.2) is 58.4 Å². The molecule has 1 aromatic heterocycles. The maximum Gasteiger partial charge on any atom is 0.290 e. The van der Waals surface area contributed by atoms with Gasteiger partial charge in [-0.2, -0.15) is 0 Å². The van der Waals surface area contributed by atoms with E-state index in [0.717, 1.165) is 0 Å². The fraction of sp³-hybridized carbons (Fsp3) is 0.222. The van der Waals surface area contributed by atoms with Gasteiger partial charge in [0, 0.05) is 13.7 Å². The molecule has 1 aliphatic heterocycles. The van der Waals surface area contributed by atoms with E-state index in [1.165, 1.54) is 36.5 Å². The lowest BCUT2D eigenvalue weighted by molar-refractivity contribution is -0.130. The molecular weight excluding hydrogens is 326 g/mol. The van der Waals surface area contributed by atoms with Crippen LogP contribution < -0.4 is 0 Å². The number of aromatic hydroxyl groups is 1. The molecule has 3 rings (SSSR count). The van der Waals surface area contributed by atoms with Crippen molar-refractivity contribution in [2.45, 2.75) is 6.04 Å². The number of hydrogen-bond donors (Lipinski definition) is 2. The van der Waals surface area contributed by atoms with Crippen LogP contribution in [0.5, 0.6) is 5.75 Å². The van der Waals surface area contributed by atoms with Crippen molar-refractivity contribution in [1.29, 1.82) is 0 Å². The standard InChI is InChI=1S/C18H17NO6/c1-24-9-7-19-15(11-4-2-5-12(20)10-11)14(17(22)18(19)23)16(21)13-6-3-8-25-13/h2-6,8,10,15,20,22H,7,9H2,1H3/t15-/m0/s1. The van der Waals surface area contributed by atoms with Gasteiger partial charge in [0.05, 0.1) is 24.5 Å². The molecule has 1 aliphatic rings. The number of amides is 1. The average molecular weight is 343 g/mol. The number of hydrogen-bond acceptors (Lipinski definition) is 6. The molecule has 2 heterocycles. The van der Waals surface area contributed by atoms with Gasteiger partial charge in [-0.3, -0.25) is 9.59 Å². The number of aliphatic hydroxyl groups excluding tert-OH is 1. The van der Waals surface area contributed by atoms with Crippen molar-refractivity contribution in [3.05, 3.63) is 65.3 Å². The first-order valence-corrected chi connectivity index (χ1v) is 7.64. The molecule has 0 saturated carbocycles. The zero-order valence-electron chi connectivity index (χ0n) is 13.5. The van der Waals surface area contributed by atoms with Crippen LogP contribution in [0.1, 0.15) is 22.2 Å². The van der Waals surface area contributed by atoms with E-state index in [-0.39, 0.29) is 30.2 Å². The van der Waals surface area contributed by atoms with Gasteiger partial charge in [0.1, 0.15) is 5.75 Å². The number of phenolic OH excluding ortho intramolecular Hbond substituents is 1. The highest BCUT2D eigenvalue weighted by molar-refractivity contribution is 6.15. The molecule has 7 heteroatoms. The van der Waals surface area contributed by atoms with Gasteiger partial charge in [-0.1, -0.05) is 12.1 Å². The number of carbonyl (C=O) groups excluding carboxylic acids is 2. The van der Waals surface area contributed by atoms with Gasteiger partial charge >= 0.3 is 0 Å². The van der Waals surface area contributed by atoms with Crippen LogP contribution in [0, 0.1) is 0 Å². The number of methoxy groups -OCH3 is 1. The summed E-state index contributed by atoms with van der Waals surface area (Å²) in [5.41, 5.74) is 0.421. The normalized spacial score (nSPS) is 17.4. The van der Waals surface area contributed by atoms with Crippen LogP contribution in [0.4, 0.5) is 0 Å². The summed E-state index contributed by atoms with van der Waals surface area (Å²) in [6.45, 7) is 0.408. The second-order valence-electron chi connectivity index (χ2n) is 5.56. The minimum atomic E-state index is -0.840. The van der Waals surface area contributed by atoms with Crippen LogP contribution in [0.25, 0.3) is 0 Å². The molecule has 130 valence electrons. The molecule has 25 heavy (non-hydrogen) atoms. The smallest absolute Gasteiger partial charge is 0.290 e. The first-order valence-electron chi connectivity index (χ1n) is 7.64. The van der Waals surface area contributed by atoms with E-state index in [1.54, 1.807) is 18.2 Å². The van der Waals surface area contributed by atoms with Gasteiger partial charge < -0.3 is 24.3 Å². The number of benzene rings is 1. The van der Waals surface area contributed by atoms with E-state index in [1.807, 2.05) is 0 Å². The zero-order chi connectivity index (χ0) is 18.0. The highest BCUT2D eigenvalue weighted by Gasteiger charge is 2.44. The Labute approximate surface area is 143 Å². The van der Waals surface area contributed by atoms with Crippen molar-refractivity contribution < 1.29 is 29.0 Å². The molecule has 0 bridgehead atoms. The summed E-state index contributed by atoms with van der Waals surface area (Å²) in [5.74, 6) is -1.85. The number of rotatable bonds is 6. The molecule has 0 saturated heterocycles. The molecule has 0 spiro atoms. The molecule has 7 nitrogen and oxygen atoms in total. The minimum Gasteiger partial charge on any atom is -0.508 e. The first kappa shape index (κ1) is 16.8. The molecule has 1 aromatic carbocycles. The fourth-order valence-corrected chi connectivity index (χ4v) is 2.89. The van der Waals surface area contributed by atoms with E-state index in [4.69, 9.17) is 9.15 Å². The summed E-state index contributed by atoms with van der Waals surface area (Å²) in [6.07, 6.45) is 1.34. The monoisotopic (exact) mass is 343 g/mol. The molecule has 1 atom stereocenters.